The van der Waals surface area contributed by atoms with Gasteiger partial charge in [0.25, 0.3) is 5.69 Å². The molecule has 22 heavy (non-hydrogen) atoms. The number of hydrogen-bond donors (Lipinski definition) is 2. The number of carboxylic acids is 1. The number of benzene rings is 1. The third-order valence-electron chi connectivity index (χ3n) is 3.31. The van der Waals surface area contributed by atoms with Crippen LogP contribution in [0.2, 0.25) is 0 Å². The second kappa shape index (κ2) is 6.39. The smallest absolute Gasteiger partial charge is 0.410 e. The highest BCUT2D eigenvalue weighted by Crippen LogP contribution is 2.20. The lowest BCUT2D eigenvalue weighted by Crippen LogP contribution is -2.40. The van der Waals surface area contributed by atoms with Gasteiger partial charge in [-0.1, -0.05) is 0 Å². The molecule has 0 spiro atoms. The molecular formula is C13H14N2O7. The summed E-state index contributed by atoms with van der Waals surface area (Å²) in [4.78, 5) is 33.8. The molecule has 1 saturated heterocycles. The number of hydrogen-bond acceptors (Lipinski definition) is 6. The molecule has 1 fully saturated rings. The molecule has 1 aromatic carbocycles. The Morgan fingerprint density at radius 3 is 2.55 bits per heavy atom. The standard InChI is InChI=1S/C13H14N2O7/c16-10-5-11(12(17)18)14(6-10)13(19)22-7-8-1-3-9(4-2-8)15(20)21/h1-4,10-11,16H,5-7H2,(H,17,18)/t10?,11-/m0/s1. The number of carboxylic acid groups (broad SMARTS) is 1. The van der Waals surface area contributed by atoms with Crippen LogP contribution in [0.3, 0.4) is 0 Å². The molecular weight excluding hydrogens is 296 g/mol. The summed E-state index contributed by atoms with van der Waals surface area (Å²) in [7, 11) is 0. The molecule has 0 saturated carbocycles. The first kappa shape index (κ1) is 15.7. The molecule has 2 rings (SSSR count). The first-order valence-electron chi connectivity index (χ1n) is 6.46. The second-order valence-corrected chi connectivity index (χ2v) is 4.87. The third-order valence-corrected chi connectivity index (χ3v) is 3.31. The molecule has 1 heterocycles. The molecule has 1 amide bonds. The summed E-state index contributed by atoms with van der Waals surface area (Å²) < 4.78 is 4.98. The Morgan fingerprint density at radius 2 is 2.00 bits per heavy atom. The molecule has 9 nitrogen and oxygen atoms in total. The van der Waals surface area contributed by atoms with Crippen LogP contribution < -0.4 is 0 Å². The van der Waals surface area contributed by atoms with Crippen molar-refractivity contribution in [2.75, 3.05) is 6.54 Å². The molecule has 0 aliphatic carbocycles. The number of aliphatic hydroxyl groups is 1. The number of nitro benzene ring substituents is 1. The number of likely N-dealkylation sites (tertiary alicyclic amines) is 1. The van der Waals surface area contributed by atoms with E-state index in [1.54, 1.807) is 0 Å². The van der Waals surface area contributed by atoms with E-state index in [4.69, 9.17) is 9.84 Å². The number of non-ortho nitro benzene ring substituents is 1. The second-order valence-electron chi connectivity index (χ2n) is 4.87. The number of aliphatic carboxylic acids is 1. The Labute approximate surface area is 124 Å². The van der Waals surface area contributed by atoms with Crippen LogP contribution in [-0.4, -0.2) is 50.8 Å². The van der Waals surface area contributed by atoms with E-state index in [9.17, 15) is 24.8 Å². The summed E-state index contributed by atoms with van der Waals surface area (Å²) in [6.07, 6.45) is -1.78. The van der Waals surface area contributed by atoms with Crippen molar-refractivity contribution in [2.24, 2.45) is 0 Å². The van der Waals surface area contributed by atoms with Crippen LogP contribution in [0, 0.1) is 10.1 Å². The van der Waals surface area contributed by atoms with E-state index in [-0.39, 0.29) is 25.3 Å². The van der Waals surface area contributed by atoms with E-state index >= 15 is 0 Å². The van der Waals surface area contributed by atoms with Gasteiger partial charge in [-0.15, -0.1) is 0 Å². The maximum absolute atomic E-state index is 11.9. The fourth-order valence-corrected chi connectivity index (χ4v) is 2.19. The van der Waals surface area contributed by atoms with Gasteiger partial charge in [-0.05, 0) is 17.7 Å². The zero-order valence-electron chi connectivity index (χ0n) is 11.4. The number of rotatable bonds is 4. The minimum absolute atomic E-state index is 0.0397. The van der Waals surface area contributed by atoms with Crippen molar-refractivity contribution < 1.29 is 29.5 Å². The van der Waals surface area contributed by atoms with Crippen molar-refractivity contribution in [3.05, 3.63) is 39.9 Å². The Balaban J connectivity index is 1.94. The third kappa shape index (κ3) is 3.50. The van der Waals surface area contributed by atoms with Gasteiger partial charge in [-0.3, -0.25) is 15.0 Å². The molecule has 0 aromatic heterocycles. The number of carbonyl (C=O) groups is 2. The van der Waals surface area contributed by atoms with E-state index in [0.29, 0.717) is 5.56 Å². The molecule has 9 heteroatoms. The van der Waals surface area contributed by atoms with E-state index in [1.807, 2.05) is 0 Å². The first-order valence-corrected chi connectivity index (χ1v) is 6.46. The largest absolute Gasteiger partial charge is 0.480 e. The average molecular weight is 310 g/mol. The number of carbonyl (C=O) groups excluding carboxylic acids is 1. The summed E-state index contributed by atoms with van der Waals surface area (Å²) in [5, 5.41) is 29.0. The van der Waals surface area contributed by atoms with Gasteiger partial charge in [-0.25, -0.2) is 9.59 Å². The zero-order chi connectivity index (χ0) is 16.3. The van der Waals surface area contributed by atoms with Crippen molar-refractivity contribution in [1.29, 1.82) is 0 Å². The van der Waals surface area contributed by atoms with Crippen LogP contribution in [0.4, 0.5) is 10.5 Å². The predicted molar refractivity (Wildman–Crippen MR) is 72.0 cm³/mol. The summed E-state index contributed by atoms with van der Waals surface area (Å²) in [6.45, 7) is -0.244. The van der Waals surface area contributed by atoms with Crippen LogP contribution in [0.15, 0.2) is 24.3 Å². The van der Waals surface area contributed by atoms with Crippen LogP contribution in [0.5, 0.6) is 0 Å². The highest BCUT2D eigenvalue weighted by molar-refractivity contribution is 5.80. The van der Waals surface area contributed by atoms with Crippen LogP contribution >= 0.6 is 0 Å². The highest BCUT2D eigenvalue weighted by Gasteiger charge is 2.39. The maximum Gasteiger partial charge on any atom is 0.410 e. The summed E-state index contributed by atoms with van der Waals surface area (Å²) >= 11 is 0. The fourth-order valence-electron chi connectivity index (χ4n) is 2.19. The van der Waals surface area contributed by atoms with Crippen molar-refractivity contribution in [1.82, 2.24) is 4.90 Å². The predicted octanol–water partition coefficient (Wildman–Crippen LogP) is 0.751. The monoisotopic (exact) mass is 310 g/mol. The van der Waals surface area contributed by atoms with Gasteiger partial charge in [0, 0.05) is 18.6 Å². The van der Waals surface area contributed by atoms with Gasteiger partial charge >= 0.3 is 12.1 Å². The van der Waals surface area contributed by atoms with Crippen molar-refractivity contribution in [2.45, 2.75) is 25.2 Å². The van der Waals surface area contributed by atoms with Crippen molar-refractivity contribution in [3.8, 4) is 0 Å². The molecule has 1 aromatic rings. The maximum atomic E-state index is 11.9. The van der Waals surface area contributed by atoms with Crippen molar-refractivity contribution in [3.63, 3.8) is 0 Å². The lowest BCUT2D eigenvalue weighted by molar-refractivity contribution is -0.384. The van der Waals surface area contributed by atoms with Gasteiger partial charge in [0.2, 0.25) is 0 Å². The molecule has 2 N–H and O–H groups in total. The molecule has 1 unspecified atom stereocenters. The van der Waals surface area contributed by atoms with Gasteiger partial charge in [-0.2, -0.15) is 0 Å². The number of aliphatic hydroxyl groups excluding tert-OH is 1. The van der Waals surface area contributed by atoms with Gasteiger partial charge in [0.05, 0.1) is 17.6 Å². The number of nitrogens with zero attached hydrogens (tertiary/aromatic N) is 2. The van der Waals surface area contributed by atoms with Gasteiger partial charge in [0.15, 0.2) is 0 Å². The molecule has 0 radical (unpaired) electrons. The van der Waals surface area contributed by atoms with Crippen LogP contribution in [0.25, 0.3) is 0 Å². The Morgan fingerprint density at radius 1 is 1.36 bits per heavy atom. The zero-order valence-corrected chi connectivity index (χ0v) is 11.4. The summed E-state index contributed by atoms with van der Waals surface area (Å²) in [5.41, 5.74) is 0.453. The summed E-state index contributed by atoms with van der Waals surface area (Å²) in [5.74, 6) is -1.20. The molecule has 0 bridgehead atoms. The Hall–Kier alpha value is -2.68. The Kier molecular flexibility index (Phi) is 4.56. The number of nitro groups is 1. The number of amides is 1. The van der Waals surface area contributed by atoms with E-state index in [1.165, 1.54) is 24.3 Å². The molecule has 118 valence electrons. The Bertz CT molecular complexity index is 587. The average Bonchev–Trinajstić information content (AvgIpc) is 2.87. The minimum Gasteiger partial charge on any atom is -0.480 e. The van der Waals surface area contributed by atoms with Gasteiger partial charge < -0.3 is 14.9 Å². The molecule has 1 aliphatic rings. The molecule has 2 atom stereocenters. The topological polar surface area (TPSA) is 130 Å². The molecule has 1 aliphatic heterocycles. The lowest BCUT2D eigenvalue weighted by Gasteiger charge is -2.20. The normalized spacial score (nSPS) is 20.7. The van der Waals surface area contributed by atoms with E-state index < -0.39 is 29.1 Å². The highest BCUT2D eigenvalue weighted by atomic mass is 16.6. The quantitative estimate of drug-likeness (QED) is 0.619. The van der Waals surface area contributed by atoms with Crippen molar-refractivity contribution >= 4 is 17.7 Å². The van der Waals surface area contributed by atoms with Crippen LogP contribution in [0.1, 0.15) is 12.0 Å². The first-order chi connectivity index (χ1) is 10.4. The number of β-amino-alcohol motifs (C(OH)–C–C–N with tert-alkyl or cyclic N) is 1. The number of ether oxygens (including phenoxy) is 1. The van der Waals surface area contributed by atoms with E-state index in [2.05, 4.69) is 0 Å². The minimum atomic E-state index is -1.20. The fraction of sp³-hybridized carbons (Fsp3) is 0.385. The van der Waals surface area contributed by atoms with E-state index in [0.717, 1.165) is 4.90 Å². The van der Waals surface area contributed by atoms with Crippen LogP contribution in [-0.2, 0) is 16.1 Å². The van der Waals surface area contributed by atoms with Gasteiger partial charge in [0.1, 0.15) is 12.6 Å². The lowest BCUT2D eigenvalue weighted by atomic mass is 10.2. The SMILES string of the molecule is O=C(O)[C@@H]1CC(O)CN1C(=O)OCc1ccc([N+](=O)[O-])cc1. The summed E-state index contributed by atoms with van der Waals surface area (Å²) in [6, 6.07) is 4.34.